The van der Waals surface area contributed by atoms with Gasteiger partial charge in [-0.3, -0.25) is 29.5 Å². The molecule has 6 N–H and O–H groups in total. The molecule has 1 aliphatic heterocycles. The van der Waals surface area contributed by atoms with Gasteiger partial charge in [0, 0.05) is 44.0 Å². The summed E-state index contributed by atoms with van der Waals surface area (Å²) in [5.41, 5.74) is 10.8. The second kappa shape index (κ2) is 27.7. The van der Waals surface area contributed by atoms with Crippen LogP contribution in [-0.2, 0) is 39.8 Å². The number of hydrazine groups is 1. The largest absolute Gasteiger partial charge is 0.446 e. The fourth-order valence-electron chi connectivity index (χ4n) is 6.95. The molecule has 6 unspecified atom stereocenters. The van der Waals surface area contributed by atoms with Crippen molar-refractivity contribution in [3.05, 3.63) is 52.0 Å². The molecule has 342 valence electrons. The highest BCUT2D eigenvalue weighted by molar-refractivity contribution is 7.09. The van der Waals surface area contributed by atoms with Crippen molar-refractivity contribution in [2.45, 2.75) is 117 Å². The predicted octanol–water partition coefficient (Wildman–Crippen LogP) is 3.94. The predicted molar refractivity (Wildman–Crippen MR) is 233 cm³/mol. The Kier molecular flexibility index (Phi) is 23.2. The first-order valence-electron chi connectivity index (χ1n) is 21.7. The molecule has 1 aromatic carbocycles. The number of rotatable bonds is 26. The first-order valence-corrected chi connectivity index (χ1v) is 22.5. The van der Waals surface area contributed by atoms with E-state index in [0.717, 1.165) is 37.8 Å². The monoisotopic (exact) mass is 874 g/mol. The van der Waals surface area contributed by atoms with Gasteiger partial charge in [0.15, 0.2) is 0 Å². The third kappa shape index (κ3) is 16.9. The maximum atomic E-state index is 14.7. The fraction of sp³-hybridized carbons (Fsp3) is 0.674. The molecule has 0 aliphatic carbocycles. The summed E-state index contributed by atoms with van der Waals surface area (Å²) in [6.07, 6.45) is 3.12. The van der Waals surface area contributed by atoms with Gasteiger partial charge in [0.1, 0.15) is 42.2 Å². The Balaban J connectivity index is 1.84. The quantitative estimate of drug-likeness (QED) is 0.0517. The molecule has 61 heavy (non-hydrogen) atoms. The van der Waals surface area contributed by atoms with E-state index < -0.39 is 36.1 Å². The van der Waals surface area contributed by atoms with Gasteiger partial charge in [-0.2, -0.15) is 0 Å². The zero-order chi connectivity index (χ0) is 44.7. The van der Waals surface area contributed by atoms with E-state index in [1.54, 1.807) is 10.3 Å². The van der Waals surface area contributed by atoms with Crippen LogP contribution in [0, 0.1) is 11.8 Å². The number of benzene rings is 1. The normalized spacial score (nSPS) is 16.8. The molecule has 6 atom stereocenters. The third-order valence-corrected chi connectivity index (χ3v) is 11.6. The number of carbonyl (C=O) groups excluding carboxylic acids is 5. The van der Waals surface area contributed by atoms with Crippen LogP contribution < -0.4 is 27.2 Å². The summed E-state index contributed by atoms with van der Waals surface area (Å²) in [6, 6.07) is 6.59. The standard InChI is InChI=1S/C43H70N8O9S/c1-8-21-59-36(26-35(29(4)5)51(28-57-10-3)42(55)37(30(6)9-2)47-40(54)34-18-14-15-20-50(34)7)41-46-33(27-61-41)38(52)45-32(25-31-16-12-11-13-17-31)39(53)48-49-43(56)60-24-23-58-22-19-44/h11-13,16-17,27,29-30,32,34-37H,8-10,14-15,18-26,28,44H2,1-7H3,(H,45,52)(H,47,54)(H,48,53)(H,49,56). The van der Waals surface area contributed by atoms with Crippen LogP contribution in [0.25, 0.3) is 0 Å². The van der Waals surface area contributed by atoms with E-state index in [9.17, 15) is 24.0 Å². The number of hydrogen-bond donors (Lipinski definition) is 5. The summed E-state index contributed by atoms with van der Waals surface area (Å²) in [5, 5.41) is 8.06. The van der Waals surface area contributed by atoms with Gasteiger partial charge in [0.25, 0.3) is 11.8 Å². The Bertz CT molecular complexity index is 1630. The third-order valence-electron chi connectivity index (χ3n) is 10.7. The number of thiazole rings is 1. The average Bonchev–Trinajstić information content (AvgIpc) is 3.75. The lowest BCUT2D eigenvalue weighted by Gasteiger charge is -2.40. The Morgan fingerprint density at radius 2 is 1.72 bits per heavy atom. The second-order valence-electron chi connectivity index (χ2n) is 15.6. The van der Waals surface area contributed by atoms with E-state index in [1.807, 2.05) is 78.9 Å². The number of likely N-dealkylation sites (N-methyl/N-ethyl adjacent to an activating group) is 1. The first-order chi connectivity index (χ1) is 29.3. The number of likely N-dealkylation sites (tertiary alicyclic amines) is 1. The molecule has 0 radical (unpaired) electrons. The Morgan fingerprint density at radius 3 is 2.38 bits per heavy atom. The van der Waals surface area contributed by atoms with Crippen molar-refractivity contribution in [1.82, 2.24) is 36.3 Å². The van der Waals surface area contributed by atoms with Crippen LogP contribution in [0.15, 0.2) is 35.7 Å². The molecule has 2 heterocycles. The number of nitrogens with zero attached hydrogens (tertiary/aromatic N) is 3. The number of hydrogen-bond acceptors (Lipinski definition) is 13. The van der Waals surface area contributed by atoms with Crippen molar-refractivity contribution in [3.8, 4) is 0 Å². The summed E-state index contributed by atoms with van der Waals surface area (Å²) in [7, 11) is 1.95. The van der Waals surface area contributed by atoms with Gasteiger partial charge < -0.3 is 40.2 Å². The van der Waals surface area contributed by atoms with Gasteiger partial charge >= 0.3 is 6.09 Å². The van der Waals surface area contributed by atoms with Crippen LogP contribution in [-0.4, -0.2) is 129 Å². The first kappa shape index (κ1) is 51.2. The zero-order valence-electron chi connectivity index (χ0n) is 37.1. The SMILES string of the molecule is CCCOC(CC(C(C)C)N(COCC)C(=O)C(NC(=O)C1CCCCN1C)C(C)CC)c1nc(C(=O)NC(Cc2ccccc2)C(=O)NNC(=O)OCCOCCN)cs1. The molecular weight excluding hydrogens is 805 g/mol. The van der Waals surface area contributed by atoms with Crippen molar-refractivity contribution in [2.75, 3.05) is 59.9 Å². The molecule has 1 aromatic heterocycles. The lowest BCUT2D eigenvalue weighted by Crippen LogP contribution is -2.59. The molecular formula is C43H70N8O9S. The molecule has 1 fully saturated rings. The summed E-state index contributed by atoms with van der Waals surface area (Å²) in [6.45, 7) is 14.3. The summed E-state index contributed by atoms with van der Waals surface area (Å²) in [4.78, 5) is 76.2. The van der Waals surface area contributed by atoms with Crippen LogP contribution in [0.1, 0.15) is 107 Å². The molecule has 0 spiro atoms. The zero-order valence-corrected chi connectivity index (χ0v) is 37.9. The molecule has 1 aliphatic rings. The van der Waals surface area contributed by atoms with Crippen molar-refractivity contribution in [1.29, 1.82) is 0 Å². The number of piperidine rings is 1. The minimum atomic E-state index is -1.10. The maximum absolute atomic E-state index is 14.7. The highest BCUT2D eigenvalue weighted by Gasteiger charge is 2.38. The summed E-state index contributed by atoms with van der Waals surface area (Å²) >= 11 is 1.25. The van der Waals surface area contributed by atoms with Crippen LogP contribution in [0.3, 0.4) is 0 Å². The highest BCUT2D eigenvalue weighted by atomic mass is 32.1. The van der Waals surface area contributed by atoms with Crippen LogP contribution >= 0.6 is 11.3 Å². The topological polar surface area (TPSA) is 216 Å². The lowest BCUT2D eigenvalue weighted by atomic mass is 9.92. The minimum Gasteiger partial charge on any atom is -0.446 e. The second-order valence-corrected chi connectivity index (χ2v) is 16.5. The number of carbonyl (C=O) groups is 5. The summed E-state index contributed by atoms with van der Waals surface area (Å²) in [5.74, 6) is -1.83. The van der Waals surface area contributed by atoms with Gasteiger partial charge in [0.2, 0.25) is 11.8 Å². The average molecular weight is 875 g/mol. The summed E-state index contributed by atoms with van der Waals surface area (Å²) < 4.78 is 22.5. The smallest absolute Gasteiger partial charge is 0.426 e. The minimum absolute atomic E-state index is 0.0248. The molecule has 2 aromatic rings. The number of ether oxygens (including phenoxy) is 4. The van der Waals surface area contributed by atoms with Crippen molar-refractivity contribution < 1.29 is 42.9 Å². The van der Waals surface area contributed by atoms with E-state index in [1.165, 1.54) is 11.3 Å². The van der Waals surface area contributed by atoms with Gasteiger partial charge in [0.05, 0.1) is 19.3 Å². The highest BCUT2D eigenvalue weighted by Crippen LogP contribution is 2.32. The van der Waals surface area contributed by atoms with Gasteiger partial charge in [-0.05, 0) is 57.2 Å². The van der Waals surface area contributed by atoms with E-state index >= 15 is 0 Å². The molecule has 17 nitrogen and oxygen atoms in total. The fourth-order valence-corrected chi connectivity index (χ4v) is 7.81. The van der Waals surface area contributed by atoms with Crippen LogP contribution in [0.2, 0.25) is 0 Å². The molecule has 0 saturated carbocycles. The van der Waals surface area contributed by atoms with Crippen molar-refractivity contribution in [3.63, 3.8) is 0 Å². The number of aromatic nitrogens is 1. The Hall–Kier alpha value is -4.20. The van der Waals surface area contributed by atoms with Gasteiger partial charge in [-0.1, -0.05) is 77.8 Å². The molecule has 5 amide bonds. The molecule has 3 rings (SSSR count). The van der Waals surface area contributed by atoms with E-state index in [2.05, 4.69) is 26.4 Å². The van der Waals surface area contributed by atoms with Gasteiger partial charge in [-0.25, -0.2) is 15.2 Å². The van der Waals surface area contributed by atoms with Crippen molar-refractivity contribution >= 4 is 41.1 Å². The van der Waals surface area contributed by atoms with Crippen LogP contribution in [0.5, 0.6) is 0 Å². The van der Waals surface area contributed by atoms with E-state index in [4.69, 9.17) is 29.7 Å². The molecule has 18 heteroatoms. The number of nitrogens with two attached hydrogens (primary N) is 1. The molecule has 1 saturated heterocycles. The lowest BCUT2D eigenvalue weighted by molar-refractivity contribution is -0.149. The van der Waals surface area contributed by atoms with Gasteiger partial charge in [-0.15, -0.1) is 11.3 Å². The van der Waals surface area contributed by atoms with Crippen molar-refractivity contribution in [2.24, 2.45) is 17.6 Å². The Morgan fingerprint density at radius 1 is 0.967 bits per heavy atom. The number of amides is 5. The number of nitrogens with one attached hydrogen (secondary N) is 4. The van der Waals surface area contributed by atoms with Crippen LogP contribution in [0.4, 0.5) is 4.79 Å². The maximum Gasteiger partial charge on any atom is 0.426 e. The molecule has 0 bridgehead atoms. The Labute approximate surface area is 365 Å². The van der Waals surface area contributed by atoms with E-state index in [0.29, 0.717) is 44.2 Å². The van der Waals surface area contributed by atoms with E-state index in [-0.39, 0.29) is 67.8 Å².